The Morgan fingerprint density at radius 3 is 0.465 bits per heavy atom. The molecule has 0 unspecified atom stereocenters. The van der Waals surface area contributed by atoms with Gasteiger partial charge in [-0.3, -0.25) is 0 Å². The molecule has 0 atom stereocenters. The molecule has 0 saturated heterocycles. The molecular weight excluding hydrogens is 1610 g/mol. The predicted molar refractivity (Wildman–Crippen MR) is 564 cm³/mol. The van der Waals surface area contributed by atoms with Crippen LogP contribution in [0, 0.1) is 0 Å². The van der Waals surface area contributed by atoms with Crippen LogP contribution in [0.25, 0.3) is 198 Å². The molecule has 24 aromatic rings. The first-order valence-corrected chi connectivity index (χ1v) is 53.9. The van der Waals surface area contributed by atoms with E-state index >= 15 is 0 Å². The van der Waals surface area contributed by atoms with Crippen LogP contribution in [0.5, 0.6) is 0 Å². The Labute approximate surface area is 754 Å². The van der Waals surface area contributed by atoms with Crippen molar-refractivity contribution in [3.63, 3.8) is 0 Å². The van der Waals surface area contributed by atoms with Crippen LogP contribution in [0.3, 0.4) is 0 Å². The Kier molecular flexibility index (Phi) is 19.7. The van der Waals surface area contributed by atoms with Crippen LogP contribution in [0.15, 0.2) is 455 Å². The van der Waals surface area contributed by atoms with E-state index in [0.29, 0.717) is 0 Å². The molecule has 18 aromatic carbocycles. The minimum absolute atomic E-state index is 1.14. The fourth-order valence-electron chi connectivity index (χ4n) is 19.9. The van der Waals surface area contributed by atoms with Crippen LogP contribution < -0.4 is 15.6 Å². The van der Waals surface area contributed by atoms with Crippen LogP contribution in [0.4, 0.5) is 0 Å². The average Bonchev–Trinajstić information content (AvgIpc) is 1.60. The number of rotatable bonds is 15. The van der Waals surface area contributed by atoms with Gasteiger partial charge < -0.3 is 27.4 Å². The monoisotopic (exact) mass is 1700 g/mol. The molecule has 0 saturated carbocycles. The molecule has 0 N–H and O–H groups in total. The molecule has 24 rings (SSSR count). The maximum atomic E-state index is 4.24. The number of aromatic nitrogens is 6. The van der Waals surface area contributed by atoms with Crippen molar-refractivity contribution in [3.05, 3.63) is 455 Å². The maximum absolute atomic E-state index is 4.24. The lowest BCUT2D eigenvalue weighted by atomic mass is 9.99. The summed E-state index contributed by atoms with van der Waals surface area (Å²) in [6, 6.07) is 153. The first kappa shape index (κ1) is 79.5. The van der Waals surface area contributed by atoms with Gasteiger partial charge in [0.25, 0.3) is 0 Å². The molecule has 0 aliphatic carbocycles. The molecule has 618 valence electrons. The van der Waals surface area contributed by atoms with Gasteiger partial charge in [-0.2, -0.15) is 0 Å². The smallest absolute Gasteiger partial charge is 0.103 e. The standard InChI is InChI=1S/C46H36N2Si.C40H32N2Si.C34H28N2Si/c1-4-49(2,3)38-27-25-33(26-28-38)32-21-23-34(24-22-32)35-29-36(47-43-17-9-5-13-39(43)40-14-6-10-18-44(40)47)31-37(30-35)48-45-19-11-7-15-41(45)42-16-8-12-20-46(42)48;1-4-43(2,3)32-23-21-28(22-24-32)29-25-30(41-37-17-9-5-13-33(37)34-14-6-10-18-38(34)41)27-31(26-29)42-39-19-11-7-15-35(39)36-16-8-12-20-40(36)42;1-4-37(2,3)26-22-24(35-31-17-9-5-13-27(31)28-14-6-10-18-32(28)35)21-25(23-26)36-33-19-11-7-15-29(33)30-16-8-12-20-34(30)36/h4-31H,1H2,2-3H3;4-27H,1H2,2-3H3;4-23H,1H2,2-3H3. The van der Waals surface area contributed by atoms with E-state index in [2.05, 4.69) is 522 Å². The Balaban J connectivity index is 0.000000115. The SMILES string of the molecule is C=C[Si](C)(C)c1cc(-n2c3ccccc3c3ccccc32)cc(-n2c3ccccc3c3ccccc32)c1.C=C[Si](C)(C)c1ccc(-c2cc(-n3c4ccccc4c4ccccc43)cc(-n3c4ccccc4c4ccccc43)c2)cc1.C=C[Si](C)(C)c1ccc(-c2ccc(-c3cc(-n4c5ccccc5c5ccccc54)cc(-n4c5ccccc5c5ccccc54)c3)cc2)cc1. The van der Waals surface area contributed by atoms with Crippen molar-refractivity contribution in [1.82, 2.24) is 27.4 Å². The molecule has 9 heteroatoms. The molecule has 129 heavy (non-hydrogen) atoms. The van der Waals surface area contributed by atoms with Gasteiger partial charge in [0.2, 0.25) is 0 Å². The summed E-state index contributed by atoms with van der Waals surface area (Å²) in [6.07, 6.45) is 0. The minimum Gasteiger partial charge on any atom is -0.309 e. The quantitative estimate of drug-likeness (QED) is 0.0916. The maximum Gasteiger partial charge on any atom is 0.103 e. The fraction of sp³-hybridized carbons (Fsp3) is 0.0500. The highest BCUT2D eigenvalue weighted by atomic mass is 28.3. The van der Waals surface area contributed by atoms with Gasteiger partial charge in [0.05, 0.1) is 66.2 Å². The van der Waals surface area contributed by atoms with Gasteiger partial charge in [-0.25, -0.2) is 0 Å². The van der Waals surface area contributed by atoms with Crippen molar-refractivity contribution in [3.8, 4) is 67.5 Å². The van der Waals surface area contributed by atoms with Crippen molar-refractivity contribution >= 4 is 171 Å². The Morgan fingerprint density at radius 2 is 0.295 bits per heavy atom. The third-order valence-corrected chi connectivity index (χ3v) is 35.6. The number of fused-ring (bicyclic) bond motifs is 18. The van der Waals surface area contributed by atoms with E-state index in [4.69, 9.17) is 0 Å². The second kappa shape index (κ2) is 31.9. The van der Waals surface area contributed by atoms with E-state index in [9.17, 15) is 0 Å². The van der Waals surface area contributed by atoms with Gasteiger partial charge in [0.1, 0.15) is 24.2 Å². The largest absolute Gasteiger partial charge is 0.309 e. The zero-order valence-electron chi connectivity index (χ0n) is 73.4. The number of hydrogen-bond donors (Lipinski definition) is 0. The third kappa shape index (κ3) is 13.7. The molecule has 6 aromatic heterocycles. The van der Waals surface area contributed by atoms with Crippen molar-refractivity contribution < 1.29 is 0 Å². The normalized spacial score (nSPS) is 12.0. The topological polar surface area (TPSA) is 29.6 Å². The van der Waals surface area contributed by atoms with E-state index in [-0.39, 0.29) is 0 Å². The van der Waals surface area contributed by atoms with Crippen molar-refractivity contribution in [2.75, 3.05) is 0 Å². The predicted octanol–water partition coefficient (Wildman–Crippen LogP) is 30.6. The van der Waals surface area contributed by atoms with Crippen molar-refractivity contribution in [1.29, 1.82) is 0 Å². The average molecular weight is 1710 g/mol. The lowest BCUT2D eigenvalue weighted by Gasteiger charge is -2.22. The summed E-state index contributed by atoms with van der Waals surface area (Å²) in [6.45, 7) is 26.6. The van der Waals surface area contributed by atoms with E-state index in [1.807, 2.05) is 0 Å². The minimum atomic E-state index is -1.87. The number of para-hydroxylation sites is 12. The van der Waals surface area contributed by atoms with E-state index < -0.39 is 24.2 Å². The summed E-state index contributed by atoms with van der Waals surface area (Å²) in [7, 11) is -5.12. The molecule has 0 fully saturated rings. The van der Waals surface area contributed by atoms with Crippen LogP contribution in [0.1, 0.15) is 0 Å². The lowest BCUT2D eigenvalue weighted by Crippen LogP contribution is -2.39. The molecule has 0 spiro atoms. The van der Waals surface area contributed by atoms with Crippen LogP contribution in [0.2, 0.25) is 39.3 Å². The summed E-state index contributed by atoms with van der Waals surface area (Å²) in [4.78, 5) is 0. The van der Waals surface area contributed by atoms with Crippen LogP contribution >= 0.6 is 0 Å². The van der Waals surface area contributed by atoms with Gasteiger partial charge in [0.15, 0.2) is 0 Å². The third-order valence-electron chi connectivity index (χ3n) is 27.2. The Morgan fingerprint density at radius 1 is 0.155 bits per heavy atom. The highest BCUT2D eigenvalue weighted by molar-refractivity contribution is 6.94. The molecule has 0 aliphatic rings. The molecular formula is C120H96N6Si3. The van der Waals surface area contributed by atoms with Gasteiger partial charge >= 0.3 is 0 Å². The summed E-state index contributed by atoms with van der Waals surface area (Å²) in [5.74, 6) is 0. The highest BCUT2D eigenvalue weighted by Crippen LogP contribution is 2.43. The highest BCUT2D eigenvalue weighted by Gasteiger charge is 2.27. The molecule has 6 heterocycles. The Bertz CT molecular complexity index is 7880. The van der Waals surface area contributed by atoms with Crippen LogP contribution in [-0.2, 0) is 0 Å². The van der Waals surface area contributed by atoms with Gasteiger partial charge in [-0.15, -0.1) is 19.7 Å². The fourth-order valence-corrected chi connectivity index (χ4v) is 23.7. The number of hydrogen-bond acceptors (Lipinski definition) is 0. The second-order valence-corrected chi connectivity index (χ2v) is 49.2. The van der Waals surface area contributed by atoms with Crippen LogP contribution in [-0.4, -0.2) is 51.6 Å². The van der Waals surface area contributed by atoms with Gasteiger partial charge in [0, 0.05) is 98.8 Å². The van der Waals surface area contributed by atoms with Crippen molar-refractivity contribution in [2.45, 2.75) is 39.3 Å². The first-order chi connectivity index (χ1) is 63.1. The second-order valence-electron chi connectivity index (χ2n) is 35.9. The summed E-state index contributed by atoms with van der Waals surface area (Å²) < 4.78 is 14.6. The zero-order chi connectivity index (χ0) is 87.4. The molecule has 6 nitrogen and oxygen atoms in total. The molecule has 0 aliphatic heterocycles. The van der Waals surface area contributed by atoms with E-state index in [0.717, 1.165) is 22.7 Å². The van der Waals surface area contributed by atoms with Gasteiger partial charge in [-0.1, -0.05) is 363 Å². The zero-order valence-corrected chi connectivity index (χ0v) is 76.4. The summed E-state index contributed by atoms with van der Waals surface area (Å²) in [5, 5.41) is 19.4. The van der Waals surface area contributed by atoms with E-state index in [1.165, 1.54) is 191 Å². The number of benzene rings is 18. The molecule has 0 radical (unpaired) electrons. The molecule has 0 bridgehead atoms. The summed E-state index contributed by atoms with van der Waals surface area (Å²) in [5.41, 5.74) is 35.2. The summed E-state index contributed by atoms with van der Waals surface area (Å²) >= 11 is 0. The van der Waals surface area contributed by atoms with Gasteiger partial charge in [-0.05, 0) is 161 Å². The van der Waals surface area contributed by atoms with Crippen molar-refractivity contribution in [2.24, 2.45) is 0 Å². The first-order valence-electron chi connectivity index (χ1n) is 44.7. The Hall–Kier alpha value is -15.4. The van der Waals surface area contributed by atoms with E-state index in [1.54, 1.807) is 0 Å². The number of nitrogens with zero attached hydrogens (tertiary/aromatic N) is 6. The lowest BCUT2D eigenvalue weighted by molar-refractivity contribution is 1.13. The molecule has 0 amide bonds.